The van der Waals surface area contributed by atoms with Gasteiger partial charge in [0.15, 0.2) is 11.9 Å². The van der Waals surface area contributed by atoms with Gasteiger partial charge in [-0.3, -0.25) is 19.2 Å². The summed E-state index contributed by atoms with van der Waals surface area (Å²) >= 11 is 0. The Balaban J connectivity index is 1.18. The third kappa shape index (κ3) is 8.61. The molecule has 54 heavy (non-hydrogen) atoms. The number of hydrogen-bond donors (Lipinski definition) is 4. The van der Waals surface area contributed by atoms with Gasteiger partial charge in [-0.2, -0.15) is 0 Å². The van der Waals surface area contributed by atoms with Gasteiger partial charge in [-0.1, -0.05) is 46.8 Å². The Labute approximate surface area is 315 Å². The Morgan fingerprint density at radius 2 is 1.50 bits per heavy atom. The number of aliphatic hydroxyl groups is 2. The first-order valence-electron chi connectivity index (χ1n) is 19.4. The lowest BCUT2D eigenvalue weighted by Gasteiger charge is -2.34. The Morgan fingerprint density at radius 1 is 0.907 bits per heavy atom. The molecule has 7 atom stereocenters. The van der Waals surface area contributed by atoms with E-state index in [1.807, 2.05) is 65.5 Å². The van der Waals surface area contributed by atoms with Crippen molar-refractivity contribution in [1.29, 1.82) is 0 Å². The fourth-order valence-corrected chi connectivity index (χ4v) is 7.97. The van der Waals surface area contributed by atoms with Crippen LogP contribution in [0.15, 0.2) is 12.4 Å². The minimum atomic E-state index is -0.930. The number of nitrogens with zero attached hydrogens (tertiary/aromatic N) is 8. The zero-order valence-electron chi connectivity index (χ0n) is 32.6. The van der Waals surface area contributed by atoms with Gasteiger partial charge in [-0.15, -0.1) is 14.5 Å². The zero-order valence-corrected chi connectivity index (χ0v) is 32.6. The van der Waals surface area contributed by atoms with Crippen molar-refractivity contribution in [3.05, 3.63) is 23.8 Å². The normalized spacial score (nSPS) is 25.1. The second-order valence-electron chi connectivity index (χ2n) is 18.0. The van der Waals surface area contributed by atoms with E-state index in [0.717, 1.165) is 37.1 Å². The number of amides is 4. The first-order valence-corrected chi connectivity index (χ1v) is 19.4. The summed E-state index contributed by atoms with van der Waals surface area (Å²) in [6.07, 6.45) is 6.12. The molecule has 4 aliphatic rings. The number of nitrogens with one attached hydrogen (secondary N) is 2. The van der Waals surface area contributed by atoms with E-state index in [4.69, 9.17) is 5.21 Å². The predicted molar refractivity (Wildman–Crippen MR) is 192 cm³/mol. The first-order chi connectivity index (χ1) is 25.4. The summed E-state index contributed by atoms with van der Waals surface area (Å²) in [7, 11) is 0. The highest BCUT2D eigenvalue weighted by Crippen LogP contribution is 2.41. The number of alkyl halides is 1. The molecule has 4 N–H and O–H groups in total. The maximum absolute atomic E-state index is 14.3. The molecule has 0 radical (unpaired) electrons. The van der Waals surface area contributed by atoms with Crippen LogP contribution in [0.2, 0.25) is 0 Å². The lowest BCUT2D eigenvalue weighted by Crippen LogP contribution is -2.58. The lowest BCUT2D eigenvalue weighted by molar-refractivity contribution is -0.777. The van der Waals surface area contributed by atoms with Crippen molar-refractivity contribution >= 4 is 23.6 Å². The summed E-state index contributed by atoms with van der Waals surface area (Å²) in [5.74, 6) is -0.952. The molecule has 2 saturated carbocycles. The molecule has 16 nitrogen and oxygen atoms in total. The van der Waals surface area contributed by atoms with Crippen LogP contribution in [0.1, 0.15) is 122 Å². The minimum Gasteiger partial charge on any atom is -0.391 e. The maximum Gasteiger partial charge on any atom is 0.271 e. The van der Waals surface area contributed by atoms with Gasteiger partial charge in [0, 0.05) is 55.9 Å². The number of aliphatic hydroxyl groups excluding tert-OH is 2. The third-order valence-electron chi connectivity index (χ3n) is 10.9. The maximum atomic E-state index is 14.3. The van der Waals surface area contributed by atoms with Gasteiger partial charge in [-0.25, -0.2) is 9.07 Å². The van der Waals surface area contributed by atoms with Crippen LogP contribution in [-0.4, -0.2) is 125 Å². The first kappa shape index (κ1) is 39.7. The van der Waals surface area contributed by atoms with Gasteiger partial charge >= 0.3 is 0 Å². The van der Waals surface area contributed by atoms with Gasteiger partial charge < -0.3 is 30.6 Å². The van der Waals surface area contributed by atoms with Crippen molar-refractivity contribution in [3.63, 3.8) is 0 Å². The van der Waals surface area contributed by atoms with E-state index in [-0.39, 0.29) is 62.7 Å². The number of halogens is 1. The smallest absolute Gasteiger partial charge is 0.271 e. The van der Waals surface area contributed by atoms with Crippen molar-refractivity contribution in [2.24, 2.45) is 10.8 Å². The van der Waals surface area contributed by atoms with Crippen LogP contribution in [0.5, 0.6) is 0 Å². The lowest BCUT2D eigenvalue weighted by atomic mass is 9.85. The van der Waals surface area contributed by atoms with Crippen molar-refractivity contribution in [2.75, 3.05) is 26.3 Å². The highest BCUT2D eigenvalue weighted by molar-refractivity contribution is 5.91. The molecular weight excluding hydrogens is 699 g/mol. The van der Waals surface area contributed by atoms with Gasteiger partial charge in [0.05, 0.1) is 29.2 Å². The van der Waals surface area contributed by atoms with Crippen molar-refractivity contribution in [1.82, 2.24) is 45.3 Å². The number of β-amino-alcohol motifs (C(OH)–C–C–N with tert-alkyl or cyclic N) is 2. The molecule has 298 valence electrons. The monoisotopic (exact) mass is 757 g/mol. The van der Waals surface area contributed by atoms with Crippen molar-refractivity contribution in [3.8, 4) is 0 Å². The largest absolute Gasteiger partial charge is 0.391 e. The molecule has 4 fully saturated rings. The number of likely N-dealkylation sites (tertiary alicyclic amines) is 2. The van der Waals surface area contributed by atoms with Crippen LogP contribution in [-0.2, 0) is 25.7 Å². The highest BCUT2D eigenvalue weighted by Gasteiger charge is 2.49. The average Bonchev–Trinajstić information content (AvgIpc) is 3.93. The summed E-state index contributed by atoms with van der Waals surface area (Å²) in [4.78, 5) is 58.1. The molecule has 0 bridgehead atoms. The third-order valence-corrected chi connectivity index (χ3v) is 10.9. The van der Waals surface area contributed by atoms with Crippen LogP contribution in [0.3, 0.4) is 0 Å². The molecule has 2 saturated heterocycles. The standard InChI is InChI=1S/C37H57FN10O6/c1-21(40-33(52)28-15-25(50)18-45(28)34(53)30(36(2,3)4)47-19-26(41-42-47)22-8-9-22)16-46-29(23-10-11-23)20-48(43-46)31(37(5,6)7)35(54)44-17-24(49)14-27(44)32(51)39-13-12-38/h19-25,27-28,30-31,49-50H,8-18H2,1-7H3,(H-,39,40,51,52)/p+1/t21?,24-,25-,27+,28+,30-,31-/m1/s1. The summed E-state index contributed by atoms with van der Waals surface area (Å²) < 4.78 is 17.9. The topological polar surface area (TPSA) is 192 Å². The van der Waals surface area contributed by atoms with Crippen LogP contribution in [0.4, 0.5) is 4.39 Å². The van der Waals surface area contributed by atoms with E-state index >= 15 is 0 Å². The molecule has 0 aromatic carbocycles. The summed E-state index contributed by atoms with van der Waals surface area (Å²) in [5.41, 5.74) is 0.578. The SMILES string of the molecule is CC(Cn1n[n+]([C@H](C(=O)N2C[C@H](O)C[C@H]2C(=O)NCCF)C(C)(C)C)cc1C1CC1)NC(=O)[C@@H]1C[C@@H](O)CN1C(=O)[C@@H](n1cc(C2CC2)nn1)C(C)(C)C. The van der Waals surface area contributed by atoms with Crippen molar-refractivity contribution < 1.29 is 38.5 Å². The number of rotatable bonds is 13. The minimum absolute atomic E-state index is 0.0227. The number of hydrogen-bond acceptors (Lipinski definition) is 9. The van der Waals surface area contributed by atoms with Gasteiger partial charge in [0.25, 0.3) is 5.91 Å². The fourth-order valence-electron chi connectivity index (χ4n) is 7.97. The van der Waals surface area contributed by atoms with Gasteiger partial charge in [-0.05, 0) is 38.0 Å². The quantitative estimate of drug-likeness (QED) is 0.215. The van der Waals surface area contributed by atoms with Crippen LogP contribution in [0, 0.1) is 10.8 Å². The van der Waals surface area contributed by atoms with Crippen LogP contribution < -0.4 is 15.3 Å². The molecule has 2 aromatic rings. The van der Waals surface area contributed by atoms with E-state index < -0.39 is 65.8 Å². The molecule has 2 aliphatic heterocycles. The van der Waals surface area contributed by atoms with E-state index in [1.54, 1.807) is 9.36 Å². The number of carbonyl (C=O) groups is 4. The second kappa shape index (κ2) is 15.3. The molecule has 2 aromatic heterocycles. The second-order valence-corrected chi connectivity index (χ2v) is 18.0. The molecule has 2 aliphatic carbocycles. The molecular formula is C37H58FN10O6+. The van der Waals surface area contributed by atoms with Gasteiger partial charge in [0.2, 0.25) is 23.8 Å². The Hall–Kier alpha value is -3.99. The zero-order chi connectivity index (χ0) is 39.3. The van der Waals surface area contributed by atoms with E-state index in [0.29, 0.717) is 5.92 Å². The summed E-state index contributed by atoms with van der Waals surface area (Å²) in [5, 5.41) is 40.3. The Morgan fingerprint density at radius 3 is 2.06 bits per heavy atom. The number of carbonyl (C=O) groups excluding carboxylic acids is 4. The van der Waals surface area contributed by atoms with Crippen LogP contribution in [0.25, 0.3) is 0 Å². The van der Waals surface area contributed by atoms with E-state index in [9.17, 15) is 33.8 Å². The molecule has 4 amide bonds. The summed E-state index contributed by atoms with van der Waals surface area (Å²) in [6.45, 7) is 12.8. The molecule has 4 heterocycles. The Bertz CT molecular complexity index is 1710. The molecule has 6 rings (SSSR count). The molecule has 1 unspecified atom stereocenters. The molecule has 0 spiro atoms. The van der Waals surface area contributed by atoms with E-state index in [2.05, 4.69) is 20.9 Å². The van der Waals surface area contributed by atoms with Crippen LogP contribution >= 0.6 is 0 Å². The average molecular weight is 758 g/mol. The molecule has 17 heteroatoms. The Kier molecular flexibility index (Phi) is 11.2. The fraction of sp³-hybridized carbons (Fsp3) is 0.784. The highest BCUT2D eigenvalue weighted by atomic mass is 19.1. The summed E-state index contributed by atoms with van der Waals surface area (Å²) in [6, 6.07) is -3.80. The van der Waals surface area contributed by atoms with Crippen molar-refractivity contribution in [2.45, 2.75) is 148 Å². The predicted octanol–water partition coefficient (Wildman–Crippen LogP) is 0.906. The van der Waals surface area contributed by atoms with Gasteiger partial charge in [0.1, 0.15) is 31.3 Å². The van der Waals surface area contributed by atoms with E-state index in [1.165, 1.54) is 9.80 Å². The number of aromatic nitrogens is 6.